The molecular formula is C13H14N3O2S2+. The largest absolute Gasteiger partial charge is 0.459 e. The molecule has 0 aliphatic rings. The fourth-order valence-electron chi connectivity index (χ4n) is 1.96. The second kappa shape index (κ2) is 5.74. The summed E-state index contributed by atoms with van der Waals surface area (Å²) in [5, 5.41) is 8.59. The minimum atomic E-state index is 0.362. The Bertz CT molecular complexity index is 713. The number of quaternary nitrogens is 1. The number of thiophene rings is 1. The molecule has 7 heteroatoms. The number of aromatic nitrogens is 2. The summed E-state index contributed by atoms with van der Waals surface area (Å²) < 4.78 is 12.4. The van der Waals surface area contributed by atoms with Crippen LogP contribution in [0.1, 0.15) is 5.56 Å². The van der Waals surface area contributed by atoms with Gasteiger partial charge < -0.3 is 13.7 Å². The van der Waals surface area contributed by atoms with Crippen LogP contribution in [-0.2, 0) is 13.2 Å². The van der Waals surface area contributed by atoms with E-state index in [0.29, 0.717) is 23.2 Å². The first-order valence-electron chi connectivity index (χ1n) is 6.16. The van der Waals surface area contributed by atoms with Gasteiger partial charge >= 0.3 is 0 Å². The van der Waals surface area contributed by atoms with Crippen LogP contribution in [0, 0.1) is 4.84 Å². The van der Waals surface area contributed by atoms with E-state index >= 15 is 0 Å². The van der Waals surface area contributed by atoms with E-state index in [1.165, 1.54) is 10.5 Å². The Balaban J connectivity index is 1.73. The van der Waals surface area contributed by atoms with Crippen molar-refractivity contribution in [2.45, 2.75) is 13.2 Å². The van der Waals surface area contributed by atoms with Crippen molar-refractivity contribution in [2.24, 2.45) is 0 Å². The quantitative estimate of drug-likeness (QED) is 0.734. The smallest absolute Gasteiger partial charge is 0.292 e. The highest BCUT2D eigenvalue weighted by Crippen LogP contribution is 2.17. The predicted molar refractivity (Wildman–Crippen MR) is 77.9 cm³/mol. The summed E-state index contributed by atoms with van der Waals surface area (Å²) in [6.45, 7) is 1.58. The lowest BCUT2D eigenvalue weighted by Gasteiger charge is -2.11. The number of hydrogen-bond acceptors (Lipinski definition) is 5. The molecule has 0 radical (unpaired) electrons. The third-order valence-corrected chi connectivity index (χ3v) is 3.87. The molecule has 0 aromatic carbocycles. The van der Waals surface area contributed by atoms with Gasteiger partial charge in [-0.05, 0) is 41.2 Å². The number of rotatable bonds is 5. The molecule has 20 heavy (non-hydrogen) atoms. The van der Waals surface area contributed by atoms with Gasteiger partial charge in [0.2, 0.25) is 0 Å². The van der Waals surface area contributed by atoms with Crippen molar-refractivity contribution in [3.8, 4) is 11.7 Å². The molecule has 3 aromatic rings. The van der Waals surface area contributed by atoms with Gasteiger partial charge in [0.1, 0.15) is 6.54 Å². The molecule has 0 aliphatic carbocycles. The maximum atomic E-state index is 5.46. The Hall–Kier alpha value is -1.70. The Morgan fingerprint density at radius 3 is 3.05 bits per heavy atom. The highest BCUT2D eigenvalue weighted by molar-refractivity contribution is 7.71. The molecule has 0 spiro atoms. The van der Waals surface area contributed by atoms with Crippen molar-refractivity contribution in [1.82, 2.24) is 9.78 Å². The maximum Gasteiger partial charge on any atom is 0.292 e. The first-order chi connectivity index (χ1) is 9.72. The minimum Gasteiger partial charge on any atom is -0.459 e. The predicted octanol–water partition coefficient (Wildman–Crippen LogP) is 2.20. The average Bonchev–Trinajstić information content (AvgIpc) is 3.12. The summed E-state index contributed by atoms with van der Waals surface area (Å²) >= 11 is 6.90. The van der Waals surface area contributed by atoms with Crippen LogP contribution in [0.3, 0.4) is 0 Å². The van der Waals surface area contributed by atoms with Gasteiger partial charge in [0.15, 0.2) is 12.4 Å². The fourth-order valence-corrected chi connectivity index (χ4v) is 2.81. The molecule has 0 bridgehead atoms. The number of nitrogens with zero attached hydrogens (tertiary/aromatic N) is 2. The van der Waals surface area contributed by atoms with Crippen LogP contribution in [0.5, 0.6) is 0 Å². The van der Waals surface area contributed by atoms with E-state index in [1.807, 2.05) is 0 Å². The van der Waals surface area contributed by atoms with Gasteiger partial charge in [-0.25, -0.2) is 0 Å². The third kappa shape index (κ3) is 2.90. The SMILES string of the molecule is C[NH+](Cc1ccsc1)Cn1nc(-c2ccco2)oc1=S. The standard InChI is InChI=1S/C13H13N3O2S2/c1-15(7-10-4-6-20-8-10)9-16-13(19)18-12(14-16)11-3-2-5-17-11/h2-6,8H,7,9H2,1H3/p+1. The topological polar surface area (TPSA) is 48.5 Å². The second-order valence-electron chi connectivity index (χ2n) is 4.57. The summed E-state index contributed by atoms with van der Waals surface area (Å²) in [6.07, 6.45) is 1.58. The van der Waals surface area contributed by atoms with Gasteiger partial charge in [-0.2, -0.15) is 16.0 Å². The van der Waals surface area contributed by atoms with Crippen LogP contribution in [0.15, 0.2) is 44.1 Å². The molecular weight excluding hydrogens is 294 g/mol. The summed E-state index contributed by atoms with van der Waals surface area (Å²) in [7, 11) is 2.10. The van der Waals surface area contributed by atoms with E-state index in [2.05, 4.69) is 29.0 Å². The zero-order valence-electron chi connectivity index (χ0n) is 10.9. The van der Waals surface area contributed by atoms with E-state index in [0.717, 1.165) is 6.54 Å². The van der Waals surface area contributed by atoms with Gasteiger partial charge in [-0.15, -0.1) is 5.10 Å². The molecule has 3 rings (SSSR count). The summed E-state index contributed by atoms with van der Waals surface area (Å²) in [4.78, 5) is 1.64. The van der Waals surface area contributed by atoms with Crippen LogP contribution in [0.25, 0.3) is 11.7 Å². The molecule has 1 N–H and O–H groups in total. The fraction of sp³-hybridized carbons (Fsp3) is 0.231. The Morgan fingerprint density at radius 1 is 1.45 bits per heavy atom. The van der Waals surface area contributed by atoms with Crippen molar-refractivity contribution < 1.29 is 13.7 Å². The first kappa shape index (κ1) is 13.3. The highest BCUT2D eigenvalue weighted by atomic mass is 32.1. The zero-order valence-corrected chi connectivity index (χ0v) is 12.5. The van der Waals surface area contributed by atoms with Crippen molar-refractivity contribution in [3.63, 3.8) is 0 Å². The molecule has 0 saturated heterocycles. The van der Waals surface area contributed by atoms with Crippen LogP contribution in [0.2, 0.25) is 0 Å². The van der Waals surface area contributed by atoms with Crippen LogP contribution < -0.4 is 4.90 Å². The van der Waals surface area contributed by atoms with Crippen molar-refractivity contribution in [3.05, 3.63) is 45.6 Å². The van der Waals surface area contributed by atoms with E-state index in [-0.39, 0.29) is 0 Å². The molecule has 104 valence electrons. The zero-order chi connectivity index (χ0) is 13.9. The summed E-state index contributed by atoms with van der Waals surface area (Å²) in [6, 6.07) is 5.72. The van der Waals surface area contributed by atoms with Gasteiger partial charge in [0.25, 0.3) is 10.7 Å². The lowest BCUT2D eigenvalue weighted by Crippen LogP contribution is -3.06. The lowest BCUT2D eigenvalue weighted by molar-refractivity contribution is -0.917. The first-order valence-corrected chi connectivity index (χ1v) is 7.51. The molecule has 3 heterocycles. The van der Waals surface area contributed by atoms with Crippen LogP contribution >= 0.6 is 23.6 Å². The molecule has 1 unspecified atom stereocenters. The van der Waals surface area contributed by atoms with E-state index in [9.17, 15) is 0 Å². The third-order valence-electron chi connectivity index (χ3n) is 2.84. The number of furan rings is 1. The average molecular weight is 308 g/mol. The molecule has 0 aliphatic heterocycles. The van der Waals surface area contributed by atoms with Gasteiger partial charge in [-0.1, -0.05) is 0 Å². The van der Waals surface area contributed by atoms with Crippen molar-refractivity contribution in [1.29, 1.82) is 0 Å². The van der Waals surface area contributed by atoms with Crippen LogP contribution in [0.4, 0.5) is 0 Å². The Morgan fingerprint density at radius 2 is 2.35 bits per heavy atom. The molecule has 3 aromatic heterocycles. The van der Waals surface area contributed by atoms with Crippen LogP contribution in [-0.4, -0.2) is 16.8 Å². The molecule has 5 nitrogen and oxygen atoms in total. The Labute approximate surface area is 125 Å². The molecule has 1 atom stereocenters. The number of hydrogen-bond donors (Lipinski definition) is 1. The van der Waals surface area contributed by atoms with Gasteiger partial charge in [-0.3, -0.25) is 0 Å². The van der Waals surface area contributed by atoms with E-state index in [1.54, 1.807) is 34.4 Å². The van der Waals surface area contributed by atoms with Gasteiger partial charge in [0.05, 0.1) is 13.3 Å². The second-order valence-corrected chi connectivity index (χ2v) is 5.70. The Kier molecular flexibility index (Phi) is 3.81. The summed E-state index contributed by atoms with van der Waals surface area (Å²) in [5.74, 6) is 1.01. The monoisotopic (exact) mass is 308 g/mol. The number of nitrogens with one attached hydrogen (secondary N) is 1. The maximum absolute atomic E-state index is 5.46. The lowest BCUT2D eigenvalue weighted by atomic mass is 10.3. The van der Waals surface area contributed by atoms with E-state index < -0.39 is 0 Å². The normalized spacial score (nSPS) is 12.7. The summed E-state index contributed by atoms with van der Waals surface area (Å²) in [5.41, 5.74) is 1.31. The minimum absolute atomic E-state index is 0.362. The van der Waals surface area contributed by atoms with E-state index in [4.69, 9.17) is 21.1 Å². The van der Waals surface area contributed by atoms with Crippen molar-refractivity contribution >= 4 is 23.6 Å². The van der Waals surface area contributed by atoms with Crippen molar-refractivity contribution in [2.75, 3.05) is 7.05 Å². The highest BCUT2D eigenvalue weighted by Gasteiger charge is 2.13. The van der Waals surface area contributed by atoms with Gasteiger partial charge in [0, 0.05) is 5.56 Å². The molecule has 0 fully saturated rings. The molecule has 0 amide bonds. The molecule has 0 saturated carbocycles.